The lowest BCUT2D eigenvalue weighted by Gasteiger charge is -2.31. The Balaban J connectivity index is 1.27. The molecule has 4 atom stereocenters. The molecule has 1 spiro atoms. The fraction of sp³-hybridized carbons (Fsp3) is 0.500. The largest absolute Gasteiger partial charge is 0.396 e. The SMILES string of the molecule is C[C@H]1[C@H]([Si](C)(C)F)[C@@H](CCn2cc(CCO)nn2)O[C@]12C(=O)N(Cc1ccc(N3CCCCC3=O)cc1)c1ccccc12. The van der Waals surface area contributed by atoms with Gasteiger partial charge in [-0.2, -0.15) is 0 Å². The van der Waals surface area contributed by atoms with E-state index in [1.807, 2.05) is 60.4 Å². The van der Waals surface area contributed by atoms with Crippen molar-refractivity contribution in [3.05, 3.63) is 71.5 Å². The maximum atomic E-state index is 16.1. The van der Waals surface area contributed by atoms with Gasteiger partial charge in [-0.15, -0.1) is 5.10 Å². The highest BCUT2D eigenvalue weighted by molar-refractivity contribution is 6.72. The van der Waals surface area contributed by atoms with E-state index in [0.29, 0.717) is 38.0 Å². The number of ether oxygens (including phenoxy) is 1. The smallest absolute Gasteiger partial charge is 0.264 e. The molecule has 3 aliphatic heterocycles. The van der Waals surface area contributed by atoms with Gasteiger partial charge in [0, 0.05) is 61.4 Å². The van der Waals surface area contributed by atoms with Crippen molar-refractivity contribution in [2.75, 3.05) is 23.0 Å². The Bertz CT molecular complexity index is 1490. The van der Waals surface area contributed by atoms with Crippen molar-refractivity contribution < 1.29 is 23.5 Å². The van der Waals surface area contributed by atoms with Gasteiger partial charge < -0.3 is 23.8 Å². The van der Waals surface area contributed by atoms with Crippen molar-refractivity contribution in [1.82, 2.24) is 15.0 Å². The summed E-state index contributed by atoms with van der Waals surface area (Å²) in [4.78, 5) is 30.5. The van der Waals surface area contributed by atoms with Gasteiger partial charge in [-0.1, -0.05) is 42.5 Å². The minimum Gasteiger partial charge on any atom is -0.396 e. The molecule has 0 radical (unpaired) electrons. The number of anilines is 2. The van der Waals surface area contributed by atoms with E-state index in [9.17, 15) is 14.7 Å². The van der Waals surface area contributed by atoms with Gasteiger partial charge in [-0.05, 0) is 56.1 Å². The van der Waals surface area contributed by atoms with Gasteiger partial charge in [-0.25, -0.2) is 0 Å². The Morgan fingerprint density at radius 1 is 1.12 bits per heavy atom. The number of aliphatic hydroxyl groups is 1. The standard InChI is InChI=1S/C32H40FN5O4Si/c1-22-30(43(2,3)33)28(15-18-36-21-24(16-19-39)34-35-36)42-32(22)26-8-4-5-9-27(26)38(31(32)41)20-23-11-13-25(14-12-23)37-17-7-6-10-29(37)40/h4-5,8-9,11-14,21-22,28,30,39H,6-7,10,15-20H2,1-3H3/t22-,28+,30-,32+/m0/s1. The first-order chi connectivity index (χ1) is 20.6. The first kappa shape index (κ1) is 29.6. The van der Waals surface area contributed by atoms with Crippen LogP contribution in [0.5, 0.6) is 0 Å². The van der Waals surface area contributed by atoms with E-state index in [0.717, 1.165) is 41.9 Å². The number of rotatable bonds is 9. The van der Waals surface area contributed by atoms with E-state index in [1.54, 1.807) is 28.9 Å². The number of aliphatic hydroxyl groups excluding tert-OH is 1. The van der Waals surface area contributed by atoms with Crippen LogP contribution in [-0.2, 0) is 39.4 Å². The molecule has 1 aromatic heterocycles. The Labute approximate surface area is 252 Å². The molecule has 11 heteroatoms. The number of nitrogens with zero attached hydrogens (tertiary/aromatic N) is 5. The third kappa shape index (κ3) is 5.31. The van der Waals surface area contributed by atoms with E-state index in [2.05, 4.69) is 10.3 Å². The van der Waals surface area contributed by atoms with E-state index in [1.165, 1.54) is 0 Å². The molecule has 3 aliphatic rings. The lowest BCUT2D eigenvalue weighted by Crippen LogP contribution is -2.45. The third-order valence-corrected chi connectivity index (χ3v) is 11.8. The fourth-order valence-electron chi connectivity index (χ4n) is 7.41. The Kier molecular flexibility index (Phi) is 7.99. The van der Waals surface area contributed by atoms with Crippen LogP contribution >= 0.6 is 0 Å². The van der Waals surface area contributed by atoms with E-state index in [-0.39, 0.29) is 24.3 Å². The molecule has 3 aromatic rings. The minimum absolute atomic E-state index is 0.00549. The molecule has 2 fully saturated rings. The van der Waals surface area contributed by atoms with Crippen LogP contribution in [0.4, 0.5) is 15.5 Å². The number of fused-ring (bicyclic) bond motifs is 2. The van der Waals surface area contributed by atoms with Gasteiger partial charge in [0.25, 0.3) is 5.91 Å². The zero-order valence-corrected chi connectivity index (χ0v) is 26.1. The van der Waals surface area contributed by atoms with E-state index < -0.39 is 25.7 Å². The molecule has 9 nitrogen and oxygen atoms in total. The highest BCUT2D eigenvalue weighted by atomic mass is 28.4. The van der Waals surface area contributed by atoms with E-state index in [4.69, 9.17) is 4.74 Å². The quantitative estimate of drug-likeness (QED) is 0.279. The van der Waals surface area contributed by atoms with Crippen molar-refractivity contribution in [2.24, 2.45) is 5.92 Å². The second kappa shape index (κ2) is 11.6. The van der Waals surface area contributed by atoms with Crippen LogP contribution in [-0.4, -0.2) is 59.6 Å². The highest BCUT2D eigenvalue weighted by Crippen LogP contribution is 2.60. The summed E-state index contributed by atoms with van der Waals surface area (Å²) in [5.74, 6) is -0.376. The maximum absolute atomic E-state index is 16.1. The minimum atomic E-state index is -3.27. The molecule has 0 bridgehead atoms. The molecule has 2 saturated heterocycles. The Morgan fingerprint density at radius 2 is 1.88 bits per heavy atom. The molecule has 0 saturated carbocycles. The molecular formula is C32H40FN5O4Si. The predicted molar refractivity (Wildman–Crippen MR) is 164 cm³/mol. The van der Waals surface area contributed by atoms with Gasteiger partial charge in [0.05, 0.1) is 24.0 Å². The second-order valence-electron chi connectivity index (χ2n) is 12.6. The number of benzene rings is 2. The average molecular weight is 606 g/mol. The number of aryl methyl sites for hydroxylation is 1. The molecule has 0 aliphatic carbocycles. The lowest BCUT2D eigenvalue weighted by molar-refractivity contribution is -0.146. The molecule has 4 heterocycles. The third-order valence-electron chi connectivity index (χ3n) is 9.38. The molecular weight excluding hydrogens is 565 g/mol. The summed E-state index contributed by atoms with van der Waals surface area (Å²) in [6.07, 6.45) is 4.75. The summed E-state index contributed by atoms with van der Waals surface area (Å²) in [6.45, 7) is 6.92. The fourth-order valence-corrected chi connectivity index (χ4v) is 9.95. The summed E-state index contributed by atoms with van der Waals surface area (Å²) in [5.41, 5.74) is 2.43. The number of hydrogen-bond donors (Lipinski definition) is 1. The number of aromatic nitrogens is 3. The zero-order chi connectivity index (χ0) is 30.4. The molecule has 2 aromatic carbocycles. The van der Waals surface area contributed by atoms with Crippen molar-refractivity contribution in [2.45, 2.75) is 82.5 Å². The molecule has 1 N–H and O–H groups in total. The summed E-state index contributed by atoms with van der Waals surface area (Å²) in [5, 5.41) is 17.5. The predicted octanol–water partition coefficient (Wildman–Crippen LogP) is 4.74. The number of hydrogen-bond acceptors (Lipinski definition) is 6. The summed E-state index contributed by atoms with van der Waals surface area (Å²) < 4.78 is 24.6. The van der Waals surface area contributed by atoms with Crippen LogP contribution < -0.4 is 9.80 Å². The van der Waals surface area contributed by atoms with E-state index >= 15 is 4.11 Å². The maximum Gasteiger partial charge on any atom is 0.264 e. The molecule has 6 rings (SSSR count). The number of piperidine rings is 1. The van der Waals surface area contributed by atoms with Crippen LogP contribution in [0.15, 0.2) is 54.7 Å². The number of halogens is 1. The van der Waals surface area contributed by atoms with Crippen molar-refractivity contribution in [3.8, 4) is 0 Å². The highest BCUT2D eigenvalue weighted by Gasteiger charge is 2.66. The van der Waals surface area contributed by atoms with Crippen LogP contribution in [0, 0.1) is 5.92 Å². The normalized spacial score (nSPS) is 25.7. The average Bonchev–Trinajstić information content (AvgIpc) is 3.63. The van der Waals surface area contributed by atoms with Gasteiger partial charge in [0.1, 0.15) is 0 Å². The monoisotopic (exact) mass is 605 g/mol. The second-order valence-corrected chi connectivity index (χ2v) is 16.4. The van der Waals surface area contributed by atoms with Gasteiger partial charge >= 0.3 is 0 Å². The molecule has 0 unspecified atom stereocenters. The Morgan fingerprint density at radius 3 is 2.60 bits per heavy atom. The van der Waals surface area contributed by atoms with Gasteiger partial charge in [0.2, 0.25) is 14.3 Å². The lowest BCUT2D eigenvalue weighted by atomic mass is 9.82. The number of amides is 2. The van der Waals surface area contributed by atoms with Crippen molar-refractivity contribution in [3.63, 3.8) is 0 Å². The van der Waals surface area contributed by atoms with Crippen LogP contribution in [0.1, 0.15) is 49.4 Å². The molecule has 43 heavy (non-hydrogen) atoms. The summed E-state index contributed by atoms with van der Waals surface area (Å²) in [6, 6.07) is 15.6. The van der Waals surface area contributed by atoms with Crippen LogP contribution in [0.25, 0.3) is 0 Å². The molecule has 2 amide bonds. The number of carbonyl (C=O) groups is 2. The van der Waals surface area contributed by atoms with Crippen LogP contribution in [0.2, 0.25) is 18.6 Å². The first-order valence-electron chi connectivity index (χ1n) is 15.3. The van der Waals surface area contributed by atoms with Gasteiger partial charge in [0.15, 0.2) is 5.60 Å². The Hall–Kier alpha value is -3.41. The number of para-hydroxylation sites is 1. The van der Waals surface area contributed by atoms with Crippen molar-refractivity contribution >= 4 is 31.6 Å². The van der Waals surface area contributed by atoms with Crippen molar-refractivity contribution in [1.29, 1.82) is 0 Å². The topological polar surface area (TPSA) is 101 Å². The zero-order valence-electron chi connectivity index (χ0n) is 25.1. The first-order valence-corrected chi connectivity index (χ1v) is 18.3. The summed E-state index contributed by atoms with van der Waals surface area (Å²) in [7, 11) is -3.27. The molecule has 228 valence electrons. The number of carbonyl (C=O) groups excluding carboxylic acids is 2. The van der Waals surface area contributed by atoms with Crippen LogP contribution in [0.3, 0.4) is 0 Å². The van der Waals surface area contributed by atoms with Gasteiger partial charge in [-0.3, -0.25) is 14.3 Å². The summed E-state index contributed by atoms with van der Waals surface area (Å²) >= 11 is 0.